The fourth-order valence-electron chi connectivity index (χ4n) is 6.48. The van der Waals surface area contributed by atoms with E-state index in [9.17, 15) is 30.8 Å². The SMILES string of the molecule is CS(=O)(=O)NCc1csc2c1S(=O)(=O)N=C(C1C(=O)[C@@H]3[C@@H]4CC[C@@H](C4)[C@@H]3N(Cc3ccc(F)cc3)C1=O)N2. The number of piperidine rings is 1. The molecular weight excluding hydrogens is 555 g/mol. The average Bonchev–Trinajstić information content (AvgIpc) is 3.56. The van der Waals surface area contributed by atoms with Gasteiger partial charge in [-0.2, -0.15) is 8.42 Å². The lowest BCUT2D eigenvalue weighted by atomic mass is 9.73. The number of carbonyl (C=O) groups excluding carboxylic acids is 2. The maximum atomic E-state index is 13.9. The summed E-state index contributed by atoms with van der Waals surface area (Å²) in [7, 11) is -7.89. The molecule has 1 aromatic heterocycles. The number of sulfonamides is 2. The van der Waals surface area contributed by atoms with Crippen LogP contribution in [0.2, 0.25) is 0 Å². The zero-order chi connectivity index (χ0) is 27.0. The van der Waals surface area contributed by atoms with Gasteiger partial charge < -0.3 is 10.2 Å². The Morgan fingerprint density at radius 3 is 2.61 bits per heavy atom. The van der Waals surface area contributed by atoms with E-state index >= 15 is 0 Å². The molecule has 2 saturated carbocycles. The number of anilines is 1. The zero-order valence-corrected chi connectivity index (χ0v) is 22.7. The van der Waals surface area contributed by atoms with Gasteiger partial charge in [-0.15, -0.1) is 15.7 Å². The topological polar surface area (TPSA) is 142 Å². The Bertz CT molecular complexity index is 1580. The van der Waals surface area contributed by atoms with Gasteiger partial charge in [0.2, 0.25) is 15.9 Å². The first kappa shape index (κ1) is 25.6. The third kappa shape index (κ3) is 4.27. The van der Waals surface area contributed by atoms with Crippen LogP contribution in [0.4, 0.5) is 9.39 Å². The van der Waals surface area contributed by atoms with Crippen LogP contribution < -0.4 is 10.0 Å². The fraction of sp³-hybridized carbons (Fsp3) is 0.458. The van der Waals surface area contributed by atoms with Crippen molar-refractivity contribution in [2.24, 2.45) is 28.1 Å². The van der Waals surface area contributed by atoms with E-state index in [2.05, 4.69) is 14.4 Å². The second kappa shape index (κ2) is 8.93. The summed E-state index contributed by atoms with van der Waals surface area (Å²) in [6, 6.07) is 5.56. The van der Waals surface area contributed by atoms with Crippen molar-refractivity contribution in [2.45, 2.75) is 43.3 Å². The van der Waals surface area contributed by atoms with Crippen molar-refractivity contribution in [3.05, 3.63) is 46.6 Å². The molecule has 2 aliphatic heterocycles. The van der Waals surface area contributed by atoms with Crippen molar-refractivity contribution in [3.8, 4) is 0 Å². The first-order chi connectivity index (χ1) is 17.9. The van der Waals surface area contributed by atoms with Gasteiger partial charge in [0.1, 0.15) is 21.5 Å². The molecule has 2 aromatic rings. The number of likely N-dealkylation sites (tertiary alicyclic amines) is 1. The zero-order valence-electron chi connectivity index (χ0n) is 20.3. The molecule has 6 rings (SSSR count). The lowest BCUT2D eigenvalue weighted by Gasteiger charge is -2.45. The monoisotopic (exact) mass is 580 g/mol. The number of fused-ring (bicyclic) bond motifs is 6. The summed E-state index contributed by atoms with van der Waals surface area (Å²) in [5, 5.41) is 4.60. The highest BCUT2D eigenvalue weighted by atomic mass is 32.2. The van der Waals surface area contributed by atoms with Crippen molar-refractivity contribution in [3.63, 3.8) is 0 Å². The summed E-state index contributed by atoms with van der Waals surface area (Å²) in [4.78, 5) is 29.2. The van der Waals surface area contributed by atoms with Gasteiger partial charge >= 0.3 is 0 Å². The van der Waals surface area contributed by atoms with E-state index in [0.717, 1.165) is 36.9 Å². The summed E-state index contributed by atoms with van der Waals surface area (Å²) in [5.74, 6) is -2.97. The predicted molar refractivity (Wildman–Crippen MR) is 138 cm³/mol. The van der Waals surface area contributed by atoms with E-state index in [1.54, 1.807) is 17.0 Å². The minimum atomic E-state index is -4.32. The fourth-order valence-corrected chi connectivity index (χ4v) is 9.54. The number of thiophene rings is 1. The number of amidine groups is 1. The predicted octanol–water partition coefficient (Wildman–Crippen LogP) is 2.09. The van der Waals surface area contributed by atoms with E-state index in [0.29, 0.717) is 5.56 Å². The summed E-state index contributed by atoms with van der Waals surface area (Å²) in [6.45, 7) is -0.0607. The van der Waals surface area contributed by atoms with Crippen LogP contribution in [0.3, 0.4) is 0 Å². The molecule has 1 saturated heterocycles. The van der Waals surface area contributed by atoms with Crippen LogP contribution in [0.25, 0.3) is 0 Å². The van der Waals surface area contributed by atoms with E-state index in [1.165, 1.54) is 17.5 Å². The largest absolute Gasteiger partial charge is 0.333 e. The quantitative estimate of drug-likeness (QED) is 0.499. The highest BCUT2D eigenvalue weighted by Gasteiger charge is 2.60. The van der Waals surface area contributed by atoms with Crippen LogP contribution >= 0.6 is 11.3 Å². The summed E-state index contributed by atoms with van der Waals surface area (Å²) >= 11 is 1.03. The van der Waals surface area contributed by atoms with Gasteiger partial charge in [0.05, 0.1) is 6.26 Å². The van der Waals surface area contributed by atoms with Gasteiger partial charge in [-0.1, -0.05) is 12.1 Å². The van der Waals surface area contributed by atoms with Crippen LogP contribution in [0.1, 0.15) is 30.4 Å². The van der Waals surface area contributed by atoms with Crippen LogP contribution in [0, 0.1) is 29.5 Å². The Hall–Kier alpha value is -2.68. The number of amides is 1. The number of nitrogens with one attached hydrogen (secondary N) is 2. The Balaban J connectivity index is 1.35. The summed E-state index contributed by atoms with van der Waals surface area (Å²) in [5.41, 5.74) is 0.933. The normalized spacial score (nSPS) is 29.6. The molecular formula is C24H25FN4O6S3. The molecule has 2 aliphatic carbocycles. The molecule has 1 amide bonds. The molecule has 2 bridgehead atoms. The van der Waals surface area contributed by atoms with Crippen molar-refractivity contribution in [2.75, 3.05) is 11.6 Å². The number of ketones is 1. The number of halogens is 1. The molecule has 0 spiro atoms. The van der Waals surface area contributed by atoms with E-state index in [1.807, 2.05) is 0 Å². The molecule has 4 aliphatic rings. The molecule has 1 aromatic carbocycles. The maximum Gasteiger partial charge on any atom is 0.287 e. The minimum Gasteiger partial charge on any atom is -0.333 e. The number of Topliss-reactive ketones (excluding diaryl/α,β-unsaturated/α-hetero) is 1. The number of hydrogen-bond acceptors (Lipinski definition) is 8. The third-order valence-corrected chi connectivity index (χ3v) is 11.1. The number of carbonyl (C=O) groups is 2. The Morgan fingerprint density at radius 2 is 1.89 bits per heavy atom. The standard InChI is InChI=1S/C24H25FN4O6S3/c1-37(32,33)26-9-15-11-36-23-21(15)38(34,35)28-22(27-23)18-20(30)17-13-4-5-14(8-13)19(17)29(24(18)31)10-12-2-6-16(25)7-3-12/h2-3,6-7,11,13-14,17-19,26H,4-5,8-10H2,1H3,(H,27,28)/t13-,14+,17-,18?,19+/m1/s1. The van der Waals surface area contributed by atoms with Crippen molar-refractivity contribution in [1.29, 1.82) is 0 Å². The number of nitrogens with zero attached hydrogens (tertiary/aromatic N) is 2. The molecule has 14 heteroatoms. The molecule has 3 heterocycles. The first-order valence-electron chi connectivity index (χ1n) is 12.2. The number of benzene rings is 1. The van der Waals surface area contributed by atoms with Gasteiger partial charge in [0.15, 0.2) is 11.7 Å². The molecule has 202 valence electrons. The molecule has 1 unspecified atom stereocenters. The lowest BCUT2D eigenvalue weighted by molar-refractivity contribution is -0.153. The highest BCUT2D eigenvalue weighted by molar-refractivity contribution is 7.91. The second-order valence-electron chi connectivity index (χ2n) is 10.4. The first-order valence-corrected chi connectivity index (χ1v) is 16.4. The Labute approximate surface area is 223 Å². The van der Waals surface area contributed by atoms with E-state index in [4.69, 9.17) is 0 Å². The van der Waals surface area contributed by atoms with Crippen LogP contribution in [0.15, 0.2) is 38.9 Å². The summed E-state index contributed by atoms with van der Waals surface area (Å²) < 4.78 is 69.1. The molecule has 2 N–H and O–H groups in total. The summed E-state index contributed by atoms with van der Waals surface area (Å²) in [6.07, 6.45) is 3.61. The van der Waals surface area contributed by atoms with Gasteiger partial charge in [-0.3, -0.25) is 9.59 Å². The lowest BCUT2D eigenvalue weighted by Crippen LogP contribution is -2.61. The van der Waals surface area contributed by atoms with E-state index < -0.39 is 43.6 Å². The van der Waals surface area contributed by atoms with Crippen molar-refractivity contribution < 1.29 is 30.8 Å². The Kier molecular flexibility index (Phi) is 6.01. The molecule has 0 radical (unpaired) electrons. The van der Waals surface area contributed by atoms with E-state index in [-0.39, 0.29) is 58.0 Å². The maximum absolute atomic E-state index is 13.9. The van der Waals surface area contributed by atoms with Crippen molar-refractivity contribution >= 4 is 53.9 Å². The van der Waals surface area contributed by atoms with Crippen molar-refractivity contribution in [1.82, 2.24) is 9.62 Å². The highest BCUT2D eigenvalue weighted by Crippen LogP contribution is 2.54. The van der Waals surface area contributed by atoms with Gasteiger partial charge in [0.25, 0.3) is 10.0 Å². The second-order valence-corrected chi connectivity index (χ2v) is 14.6. The number of hydrogen-bond donors (Lipinski definition) is 2. The molecule has 38 heavy (non-hydrogen) atoms. The van der Waals surface area contributed by atoms with Crippen LogP contribution in [-0.4, -0.2) is 51.6 Å². The van der Waals surface area contributed by atoms with Gasteiger partial charge in [0, 0.05) is 30.6 Å². The third-order valence-electron chi connectivity index (χ3n) is 7.97. The molecule has 10 nitrogen and oxygen atoms in total. The Morgan fingerprint density at radius 1 is 1.18 bits per heavy atom. The average molecular weight is 581 g/mol. The number of rotatable bonds is 6. The molecule has 5 atom stereocenters. The van der Waals surface area contributed by atoms with Gasteiger partial charge in [-0.05, 0) is 54.2 Å². The van der Waals surface area contributed by atoms with Crippen LogP contribution in [0.5, 0.6) is 0 Å². The van der Waals surface area contributed by atoms with Gasteiger partial charge in [-0.25, -0.2) is 17.5 Å². The smallest absolute Gasteiger partial charge is 0.287 e. The molecule has 3 fully saturated rings. The van der Waals surface area contributed by atoms with Crippen LogP contribution in [-0.2, 0) is 42.7 Å². The minimum absolute atomic E-state index is 0.121.